The van der Waals surface area contributed by atoms with Gasteiger partial charge in [-0.2, -0.15) is 0 Å². The highest BCUT2D eigenvalue weighted by Crippen LogP contribution is 2.30. The van der Waals surface area contributed by atoms with E-state index < -0.39 is 0 Å². The molecule has 1 aliphatic rings. The highest BCUT2D eigenvalue weighted by molar-refractivity contribution is 5.62. The van der Waals surface area contributed by atoms with Gasteiger partial charge in [0.15, 0.2) is 6.29 Å². The molecule has 38 heavy (non-hydrogen) atoms. The zero-order chi connectivity index (χ0) is 26.8. The lowest BCUT2D eigenvalue weighted by Crippen LogP contribution is -2.27. The van der Waals surface area contributed by atoms with Gasteiger partial charge in [0.05, 0.1) is 25.5 Å². The summed E-state index contributed by atoms with van der Waals surface area (Å²) in [4.78, 5) is 4.72. The van der Waals surface area contributed by atoms with Gasteiger partial charge in [-0.3, -0.25) is 4.98 Å². The average molecular weight is 524 g/mol. The molecule has 1 aromatic carbocycles. The number of rotatable bonds is 19. The topological polar surface area (TPSA) is 40.6 Å². The lowest BCUT2D eigenvalue weighted by atomic mass is 10.0. The van der Waals surface area contributed by atoms with E-state index in [4.69, 9.17) is 19.2 Å². The Morgan fingerprint density at radius 2 is 1.39 bits per heavy atom. The van der Waals surface area contributed by atoms with E-state index in [-0.39, 0.29) is 6.29 Å². The van der Waals surface area contributed by atoms with Gasteiger partial charge in [0, 0.05) is 23.2 Å². The molecule has 0 saturated carbocycles. The van der Waals surface area contributed by atoms with Crippen molar-refractivity contribution < 1.29 is 14.2 Å². The van der Waals surface area contributed by atoms with Gasteiger partial charge < -0.3 is 14.2 Å². The first kappa shape index (κ1) is 30.6. The number of aryl methyl sites for hydroxylation is 1. The molecule has 4 heteroatoms. The van der Waals surface area contributed by atoms with E-state index >= 15 is 0 Å². The van der Waals surface area contributed by atoms with Crippen LogP contribution in [0.1, 0.15) is 128 Å². The molecule has 1 saturated heterocycles. The van der Waals surface area contributed by atoms with Gasteiger partial charge in [0.1, 0.15) is 5.75 Å². The number of aromatic nitrogens is 1. The van der Waals surface area contributed by atoms with Crippen LogP contribution in [-0.4, -0.2) is 24.8 Å². The van der Waals surface area contributed by atoms with Crippen LogP contribution in [0.3, 0.4) is 0 Å². The molecule has 3 rings (SSSR count). The largest absolute Gasteiger partial charge is 0.493 e. The number of unbranched alkanes of at least 4 members (excludes halogenated alkanes) is 12. The summed E-state index contributed by atoms with van der Waals surface area (Å²) in [6, 6.07) is 10.5. The maximum atomic E-state index is 6.07. The second-order valence-electron chi connectivity index (χ2n) is 11.2. The number of nitrogens with zero attached hydrogens (tertiary/aromatic N) is 1. The summed E-state index contributed by atoms with van der Waals surface area (Å²) in [6.45, 7) is 9.01. The standard InChI is InChI=1S/C34H53NO3/c1-4-6-8-10-12-13-15-17-23-36-33-22-20-30(24-28(33)3)32-21-19-31(25-35-32)34-37-26-29(27-38-34)18-16-14-11-9-7-5-2/h19-22,24-25,29,34H,4-18,23,26-27H2,1-3H3/t29-,34-. The van der Waals surface area contributed by atoms with Crippen molar-refractivity contribution in [1.29, 1.82) is 0 Å². The van der Waals surface area contributed by atoms with Crippen LogP contribution in [0.15, 0.2) is 36.5 Å². The molecule has 1 fully saturated rings. The van der Waals surface area contributed by atoms with Crippen molar-refractivity contribution in [2.24, 2.45) is 5.92 Å². The highest BCUT2D eigenvalue weighted by atomic mass is 16.7. The average Bonchev–Trinajstić information content (AvgIpc) is 2.95. The number of pyridine rings is 1. The molecule has 1 aromatic heterocycles. The fourth-order valence-corrected chi connectivity index (χ4v) is 5.22. The van der Waals surface area contributed by atoms with Crippen LogP contribution >= 0.6 is 0 Å². The number of hydrogen-bond acceptors (Lipinski definition) is 4. The molecule has 2 aromatic rings. The predicted octanol–water partition coefficient (Wildman–Crippen LogP) is 9.99. The monoisotopic (exact) mass is 523 g/mol. The van der Waals surface area contributed by atoms with Gasteiger partial charge >= 0.3 is 0 Å². The Kier molecular flexibility index (Phi) is 14.8. The van der Waals surface area contributed by atoms with Crippen LogP contribution in [0.2, 0.25) is 0 Å². The first-order chi connectivity index (χ1) is 18.7. The van der Waals surface area contributed by atoms with Crippen molar-refractivity contribution in [3.63, 3.8) is 0 Å². The van der Waals surface area contributed by atoms with Crippen LogP contribution in [0, 0.1) is 12.8 Å². The Morgan fingerprint density at radius 1 is 0.763 bits per heavy atom. The van der Waals surface area contributed by atoms with Crippen LogP contribution in [0.5, 0.6) is 5.75 Å². The molecule has 2 heterocycles. The molecular weight excluding hydrogens is 470 g/mol. The Labute approximate surface area is 232 Å². The molecule has 0 unspecified atom stereocenters. The van der Waals surface area contributed by atoms with E-state index in [2.05, 4.69) is 51.1 Å². The van der Waals surface area contributed by atoms with E-state index in [1.165, 1.54) is 89.9 Å². The summed E-state index contributed by atoms with van der Waals surface area (Å²) in [5.74, 6) is 1.50. The van der Waals surface area contributed by atoms with Gasteiger partial charge in [-0.05, 0) is 49.6 Å². The molecule has 0 N–H and O–H groups in total. The van der Waals surface area contributed by atoms with E-state index in [0.717, 1.165) is 54.4 Å². The van der Waals surface area contributed by atoms with E-state index in [1.807, 2.05) is 6.20 Å². The van der Waals surface area contributed by atoms with Crippen molar-refractivity contribution in [2.75, 3.05) is 19.8 Å². The van der Waals surface area contributed by atoms with Gasteiger partial charge in [0.2, 0.25) is 0 Å². The summed E-state index contributed by atoms with van der Waals surface area (Å²) < 4.78 is 18.2. The number of benzene rings is 1. The Balaban J connectivity index is 1.36. The molecule has 212 valence electrons. The molecule has 4 nitrogen and oxygen atoms in total. The van der Waals surface area contributed by atoms with Gasteiger partial charge in [-0.15, -0.1) is 0 Å². The quantitative estimate of drug-likeness (QED) is 0.172. The summed E-state index contributed by atoms with van der Waals surface area (Å²) in [6.07, 6.45) is 21.3. The van der Waals surface area contributed by atoms with Crippen molar-refractivity contribution in [3.05, 3.63) is 47.7 Å². The van der Waals surface area contributed by atoms with E-state index in [9.17, 15) is 0 Å². The van der Waals surface area contributed by atoms with E-state index in [1.54, 1.807) is 0 Å². The minimum atomic E-state index is -0.300. The third-order valence-corrected chi connectivity index (χ3v) is 7.72. The van der Waals surface area contributed by atoms with Crippen LogP contribution in [0.4, 0.5) is 0 Å². The van der Waals surface area contributed by atoms with Crippen LogP contribution < -0.4 is 4.74 Å². The molecule has 0 aliphatic carbocycles. The second-order valence-corrected chi connectivity index (χ2v) is 11.2. The summed E-state index contributed by atoms with van der Waals surface area (Å²) in [5.41, 5.74) is 4.22. The highest BCUT2D eigenvalue weighted by Gasteiger charge is 2.23. The van der Waals surface area contributed by atoms with Gasteiger partial charge in [0.25, 0.3) is 0 Å². The summed E-state index contributed by atoms with van der Waals surface area (Å²) in [7, 11) is 0. The van der Waals surface area contributed by atoms with Gasteiger partial charge in [-0.25, -0.2) is 0 Å². The van der Waals surface area contributed by atoms with Gasteiger partial charge in [-0.1, -0.05) is 103 Å². The van der Waals surface area contributed by atoms with Crippen LogP contribution in [0.25, 0.3) is 11.3 Å². The van der Waals surface area contributed by atoms with E-state index in [0.29, 0.717) is 5.92 Å². The lowest BCUT2D eigenvalue weighted by molar-refractivity contribution is -0.206. The minimum absolute atomic E-state index is 0.300. The molecule has 0 bridgehead atoms. The zero-order valence-electron chi connectivity index (χ0n) is 24.5. The first-order valence-electron chi connectivity index (χ1n) is 15.6. The molecular formula is C34H53NO3. The normalized spacial score (nSPS) is 17.6. The molecule has 0 amide bonds. The number of ether oxygens (including phenoxy) is 3. The molecule has 0 spiro atoms. The third kappa shape index (κ3) is 11.1. The minimum Gasteiger partial charge on any atom is -0.493 e. The molecule has 1 aliphatic heterocycles. The molecule has 0 atom stereocenters. The maximum Gasteiger partial charge on any atom is 0.185 e. The lowest BCUT2D eigenvalue weighted by Gasteiger charge is -2.29. The third-order valence-electron chi connectivity index (χ3n) is 7.72. The van der Waals surface area contributed by atoms with Crippen molar-refractivity contribution >= 4 is 0 Å². The summed E-state index contributed by atoms with van der Waals surface area (Å²) >= 11 is 0. The zero-order valence-corrected chi connectivity index (χ0v) is 24.5. The SMILES string of the molecule is CCCCCCCCCCOc1ccc(-c2ccc([C@H]3OC[C@H](CCCCCCCC)CO3)cn2)cc1C. The Hall–Kier alpha value is -1.91. The van der Waals surface area contributed by atoms with Crippen molar-refractivity contribution in [2.45, 2.75) is 123 Å². The summed E-state index contributed by atoms with van der Waals surface area (Å²) in [5, 5.41) is 0. The number of hydrogen-bond donors (Lipinski definition) is 0. The van der Waals surface area contributed by atoms with Crippen LogP contribution in [-0.2, 0) is 9.47 Å². The van der Waals surface area contributed by atoms with Crippen molar-refractivity contribution in [1.82, 2.24) is 4.98 Å². The maximum absolute atomic E-state index is 6.07. The first-order valence-corrected chi connectivity index (χ1v) is 15.6. The fraction of sp³-hybridized carbons (Fsp3) is 0.676. The Morgan fingerprint density at radius 3 is 2.00 bits per heavy atom. The smallest absolute Gasteiger partial charge is 0.185 e. The van der Waals surface area contributed by atoms with Crippen molar-refractivity contribution in [3.8, 4) is 17.0 Å². The predicted molar refractivity (Wildman–Crippen MR) is 159 cm³/mol. The Bertz CT molecular complexity index is 874. The fourth-order valence-electron chi connectivity index (χ4n) is 5.22. The second kappa shape index (κ2) is 18.4. The molecule has 0 radical (unpaired) electrons.